The van der Waals surface area contributed by atoms with Crippen molar-refractivity contribution >= 4 is 16.5 Å². The van der Waals surface area contributed by atoms with Gasteiger partial charge in [-0.1, -0.05) is 29.8 Å². The molecular formula is C15H17NO2S. The van der Waals surface area contributed by atoms with Gasteiger partial charge in [-0.25, -0.2) is 0 Å². The van der Waals surface area contributed by atoms with E-state index < -0.39 is 10.8 Å². The van der Waals surface area contributed by atoms with Crippen molar-refractivity contribution in [3.05, 3.63) is 54.1 Å². The van der Waals surface area contributed by atoms with Crippen LogP contribution in [0.1, 0.15) is 5.56 Å². The third-order valence-electron chi connectivity index (χ3n) is 2.73. The van der Waals surface area contributed by atoms with Crippen LogP contribution in [0.2, 0.25) is 0 Å². The van der Waals surface area contributed by atoms with Crippen LogP contribution in [-0.2, 0) is 10.8 Å². The number of hydrogen-bond acceptors (Lipinski definition) is 3. The Bertz CT molecular complexity index is 567. The zero-order valence-corrected chi connectivity index (χ0v) is 11.7. The molecule has 0 aliphatic heterocycles. The summed E-state index contributed by atoms with van der Waals surface area (Å²) >= 11 is 0. The van der Waals surface area contributed by atoms with Crippen molar-refractivity contribution in [2.24, 2.45) is 0 Å². The Morgan fingerprint density at radius 1 is 1.11 bits per heavy atom. The lowest BCUT2D eigenvalue weighted by Crippen LogP contribution is -2.09. The van der Waals surface area contributed by atoms with E-state index in [1.54, 1.807) is 6.07 Å². The first-order valence-electron chi connectivity index (χ1n) is 6.09. The molecule has 2 aromatic rings. The molecule has 2 N–H and O–H groups in total. The van der Waals surface area contributed by atoms with Crippen molar-refractivity contribution in [1.82, 2.24) is 0 Å². The minimum Gasteiger partial charge on any atom is -0.490 e. The van der Waals surface area contributed by atoms with Gasteiger partial charge >= 0.3 is 0 Å². The molecule has 0 aromatic heterocycles. The van der Waals surface area contributed by atoms with Crippen LogP contribution >= 0.6 is 0 Å². The van der Waals surface area contributed by atoms with Crippen molar-refractivity contribution < 1.29 is 8.95 Å². The third-order valence-corrected chi connectivity index (χ3v) is 4.06. The average Bonchev–Trinajstić information content (AvgIpc) is 2.41. The zero-order chi connectivity index (χ0) is 13.7. The van der Waals surface area contributed by atoms with Gasteiger partial charge in [-0.3, -0.25) is 4.21 Å². The molecule has 0 heterocycles. The molecular weight excluding hydrogens is 258 g/mol. The lowest BCUT2D eigenvalue weighted by atomic mass is 10.2. The largest absolute Gasteiger partial charge is 0.490 e. The summed E-state index contributed by atoms with van der Waals surface area (Å²) in [6, 6.07) is 15.0. The molecule has 2 rings (SSSR count). The Hall–Kier alpha value is -1.81. The molecule has 0 spiro atoms. The van der Waals surface area contributed by atoms with Crippen molar-refractivity contribution in [2.45, 2.75) is 11.8 Å². The van der Waals surface area contributed by atoms with Crippen LogP contribution in [0, 0.1) is 6.92 Å². The highest BCUT2D eigenvalue weighted by atomic mass is 32.2. The van der Waals surface area contributed by atoms with Gasteiger partial charge in [0.1, 0.15) is 12.4 Å². The summed E-state index contributed by atoms with van der Waals surface area (Å²) in [4.78, 5) is 0.829. The maximum absolute atomic E-state index is 12.0. The quantitative estimate of drug-likeness (QED) is 0.854. The smallest absolute Gasteiger partial charge is 0.142 e. The molecule has 0 amide bonds. The predicted molar refractivity (Wildman–Crippen MR) is 78.8 cm³/mol. The number of para-hydroxylation sites is 2. The monoisotopic (exact) mass is 275 g/mol. The summed E-state index contributed by atoms with van der Waals surface area (Å²) in [6.07, 6.45) is 0. The van der Waals surface area contributed by atoms with E-state index in [1.165, 1.54) is 0 Å². The first-order chi connectivity index (χ1) is 9.16. The number of benzene rings is 2. The second-order valence-corrected chi connectivity index (χ2v) is 5.82. The van der Waals surface area contributed by atoms with Crippen molar-refractivity contribution in [1.29, 1.82) is 0 Å². The van der Waals surface area contributed by atoms with Crippen LogP contribution in [0.15, 0.2) is 53.4 Å². The molecule has 100 valence electrons. The van der Waals surface area contributed by atoms with Crippen LogP contribution < -0.4 is 10.5 Å². The maximum atomic E-state index is 12.0. The Balaban J connectivity index is 1.88. The van der Waals surface area contributed by atoms with E-state index in [0.29, 0.717) is 23.8 Å². The minimum atomic E-state index is -1.04. The normalized spacial score (nSPS) is 12.1. The molecule has 0 aliphatic rings. The number of nitrogen functional groups attached to an aromatic ring is 1. The van der Waals surface area contributed by atoms with Crippen molar-refractivity contribution in [3.8, 4) is 5.75 Å². The maximum Gasteiger partial charge on any atom is 0.142 e. The fourth-order valence-electron chi connectivity index (χ4n) is 1.65. The molecule has 1 unspecified atom stereocenters. The SMILES string of the molecule is Cc1ccc(S(=O)CCOc2ccccc2N)cc1. The van der Waals surface area contributed by atoms with E-state index in [-0.39, 0.29) is 0 Å². The van der Waals surface area contributed by atoms with E-state index >= 15 is 0 Å². The molecule has 19 heavy (non-hydrogen) atoms. The van der Waals surface area contributed by atoms with Gasteiger partial charge in [0.05, 0.1) is 22.2 Å². The first-order valence-corrected chi connectivity index (χ1v) is 7.41. The lowest BCUT2D eigenvalue weighted by molar-refractivity contribution is 0.344. The summed E-state index contributed by atoms with van der Waals surface area (Å²) in [6.45, 7) is 2.39. The lowest BCUT2D eigenvalue weighted by Gasteiger charge is -2.08. The summed E-state index contributed by atoms with van der Waals surface area (Å²) < 4.78 is 17.6. The molecule has 1 atom stereocenters. The van der Waals surface area contributed by atoms with Gasteiger partial charge in [0.15, 0.2) is 0 Å². The zero-order valence-electron chi connectivity index (χ0n) is 10.8. The highest BCUT2D eigenvalue weighted by Crippen LogP contribution is 2.19. The number of hydrogen-bond donors (Lipinski definition) is 1. The summed E-state index contributed by atoms with van der Waals surface area (Å²) in [5, 5.41) is 0. The van der Waals surface area contributed by atoms with Crippen molar-refractivity contribution in [2.75, 3.05) is 18.1 Å². The van der Waals surface area contributed by atoms with Crippen LogP contribution in [-0.4, -0.2) is 16.6 Å². The van der Waals surface area contributed by atoms with Gasteiger partial charge in [-0.2, -0.15) is 0 Å². The standard InChI is InChI=1S/C15H17NO2S/c1-12-6-8-13(9-7-12)19(17)11-10-18-15-5-3-2-4-14(15)16/h2-9H,10-11,16H2,1H3. The number of anilines is 1. The fraction of sp³-hybridized carbons (Fsp3) is 0.200. The van der Waals surface area contributed by atoms with Crippen LogP contribution in [0.5, 0.6) is 5.75 Å². The summed E-state index contributed by atoms with van der Waals surface area (Å²) in [7, 11) is -1.04. The fourth-order valence-corrected chi connectivity index (χ4v) is 2.56. The average molecular weight is 275 g/mol. The Labute approximate surface area is 115 Å². The van der Waals surface area contributed by atoms with Crippen molar-refractivity contribution in [3.63, 3.8) is 0 Å². The number of ether oxygens (including phenoxy) is 1. The van der Waals surface area contributed by atoms with Gasteiger partial charge < -0.3 is 10.5 Å². The van der Waals surface area contributed by atoms with Crippen LogP contribution in [0.4, 0.5) is 5.69 Å². The molecule has 0 bridgehead atoms. The number of nitrogens with two attached hydrogens (primary N) is 1. The minimum absolute atomic E-state index is 0.384. The second-order valence-electron chi connectivity index (χ2n) is 4.25. The predicted octanol–water partition coefficient (Wildman–Crippen LogP) is 2.76. The second kappa shape index (κ2) is 6.38. The van der Waals surface area contributed by atoms with E-state index in [4.69, 9.17) is 10.5 Å². The highest BCUT2D eigenvalue weighted by Gasteiger charge is 2.05. The Morgan fingerprint density at radius 3 is 2.47 bits per heavy atom. The molecule has 3 nitrogen and oxygen atoms in total. The molecule has 0 saturated carbocycles. The van der Waals surface area contributed by atoms with Gasteiger partial charge in [0, 0.05) is 4.90 Å². The van der Waals surface area contributed by atoms with E-state index in [1.807, 2.05) is 49.4 Å². The Morgan fingerprint density at radius 2 is 1.79 bits per heavy atom. The molecule has 0 saturated heterocycles. The van der Waals surface area contributed by atoms with Gasteiger partial charge in [0.2, 0.25) is 0 Å². The van der Waals surface area contributed by atoms with Gasteiger partial charge in [0.25, 0.3) is 0 Å². The molecule has 0 fully saturated rings. The third kappa shape index (κ3) is 3.83. The van der Waals surface area contributed by atoms with E-state index in [0.717, 1.165) is 10.5 Å². The van der Waals surface area contributed by atoms with E-state index in [2.05, 4.69) is 0 Å². The number of rotatable bonds is 5. The van der Waals surface area contributed by atoms with Crippen LogP contribution in [0.3, 0.4) is 0 Å². The molecule has 4 heteroatoms. The first kappa shape index (κ1) is 13.6. The molecule has 0 aliphatic carbocycles. The van der Waals surface area contributed by atoms with Gasteiger partial charge in [-0.05, 0) is 31.2 Å². The van der Waals surface area contributed by atoms with Gasteiger partial charge in [-0.15, -0.1) is 0 Å². The molecule has 2 aromatic carbocycles. The summed E-state index contributed by atoms with van der Waals surface area (Å²) in [5.74, 6) is 1.10. The topological polar surface area (TPSA) is 52.3 Å². The Kier molecular flexibility index (Phi) is 4.58. The molecule has 0 radical (unpaired) electrons. The van der Waals surface area contributed by atoms with Crippen LogP contribution in [0.25, 0.3) is 0 Å². The van der Waals surface area contributed by atoms with E-state index in [9.17, 15) is 4.21 Å². The summed E-state index contributed by atoms with van der Waals surface area (Å²) in [5.41, 5.74) is 7.53. The highest BCUT2D eigenvalue weighted by molar-refractivity contribution is 7.85. The number of aryl methyl sites for hydroxylation is 1.